The quantitative estimate of drug-likeness (QED) is 0.673. The van der Waals surface area contributed by atoms with Gasteiger partial charge in [0.1, 0.15) is 11.8 Å². The van der Waals surface area contributed by atoms with Crippen LogP contribution in [-0.2, 0) is 4.74 Å². The Bertz CT molecular complexity index is 236. The Morgan fingerprint density at radius 1 is 1.53 bits per heavy atom. The Hall–Kier alpha value is -0.810. The van der Waals surface area contributed by atoms with Gasteiger partial charge in [0.15, 0.2) is 0 Å². The maximum Gasteiger partial charge on any atom is 0.412 e. The van der Waals surface area contributed by atoms with Crippen molar-refractivity contribution in [3.63, 3.8) is 0 Å². The third-order valence-corrected chi connectivity index (χ3v) is 2.25. The first-order chi connectivity index (χ1) is 6.83. The second-order valence-corrected chi connectivity index (χ2v) is 4.90. The molecule has 0 saturated carbocycles. The molecule has 1 heterocycles. The van der Waals surface area contributed by atoms with Crippen molar-refractivity contribution in [2.45, 2.75) is 39.0 Å². The Morgan fingerprint density at radius 2 is 2.13 bits per heavy atom. The molecule has 88 valence electrons. The largest absolute Gasteiger partial charge is 0.444 e. The van der Waals surface area contributed by atoms with Gasteiger partial charge in [0.2, 0.25) is 0 Å². The molecule has 15 heavy (non-hydrogen) atoms. The molecular weight excluding hydrogens is 198 g/mol. The molecule has 1 amide bonds. The molecule has 2 atom stereocenters. The maximum atomic E-state index is 11.6. The number of aliphatic hydroxyl groups excluding tert-OH is 2. The van der Waals surface area contributed by atoms with Crippen molar-refractivity contribution in [2.24, 2.45) is 5.92 Å². The molecule has 1 rings (SSSR count). The van der Waals surface area contributed by atoms with Crippen LogP contribution in [0.1, 0.15) is 27.2 Å². The van der Waals surface area contributed by atoms with Crippen LogP contribution in [0.4, 0.5) is 4.79 Å². The van der Waals surface area contributed by atoms with Gasteiger partial charge >= 0.3 is 6.09 Å². The number of likely N-dealkylation sites (tertiary alicyclic amines) is 1. The van der Waals surface area contributed by atoms with Crippen LogP contribution < -0.4 is 0 Å². The lowest BCUT2D eigenvalue weighted by molar-refractivity contribution is -0.0128. The summed E-state index contributed by atoms with van der Waals surface area (Å²) in [6.07, 6.45) is -0.946. The Morgan fingerprint density at radius 3 is 2.53 bits per heavy atom. The number of amides is 1. The minimum Gasteiger partial charge on any atom is -0.444 e. The van der Waals surface area contributed by atoms with Crippen molar-refractivity contribution in [1.82, 2.24) is 4.90 Å². The molecule has 0 aromatic carbocycles. The predicted molar refractivity (Wildman–Crippen MR) is 54.1 cm³/mol. The van der Waals surface area contributed by atoms with Gasteiger partial charge in [-0.25, -0.2) is 4.79 Å². The first-order valence-corrected chi connectivity index (χ1v) is 5.12. The summed E-state index contributed by atoms with van der Waals surface area (Å²) in [4.78, 5) is 12.9. The molecule has 5 nitrogen and oxygen atoms in total. The summed E-state index contributed by atoms with van der Waals surface area (Å²) in [6.45, 7) is 5.66. The molecule has 0 radical (unpaired) electrons. The van der Waals surface area contributed by atoms with Crippen molar-refractivity contribution >= 4 is 6.09 Å². The van der Waals surface area contributed by atoms with E-state index in [0.717, 1.165) is 0 Å². The molecule has 0 aromatic heterocycles. The first-order valence-electron chi connectivity index (χ1n) is 5.12. The highest BCUT2D eigenvalue weighted by molar-refractivity contribution is 5.68. The van der Waals surface area contributed by atoms with Gasteiger partial charge in [-0.3, -0.25) is 4.90 Å². The van der Waals surface area contributed by atoms with Crippen LogP contribution in [0, 0.1) is 5.92 Å². The van der Waals surface area contributed by atoms with Crippen LogP contribution >= 0.6 is 0 Å². The first kappa shape index (κ1) is 12.3. The van der Waals surface area contributed by atoms with Gasteiger partial charge < -0.3 is 14.9 Å². The average Bonchev–Trinajstić information content (AvgIpc) is 2.43. The second-order valence-electron chi connectivity index (χ2n) is 4.90. The molecule has 2 unspecified atom stereocenters. The monoisotopic (exact) mass is 217 g/mol. The molecular formula is C10H19NO4. The van der Waals surface area contributed by atoms with Gasteiger partial charge in [0, 0.05) is 19.1 Å². The van der Waals surface area contributed by atoms with Crippen LogP contribution in [0.15, 0.2) is 0 Å². The number of carbonyl (C=O) groups is 1. The highest BCUT2D eigenvalue weighted by Crippen LogP contribution is 2.23. The molecule has 2 N–H and O–H groups in total. The summed E-state index contributed by atoms with van der Waals surface area (Å²) in [5.41, 5.74) is -0.561. The minimum atomic E-state index is -0.836. The maximum absolute atomic E-state index is 11.6. The van der Waals surface area contributed by atoms with E-state index >= 15 is 0 Å². The second kappa shape index (κ2) is 4.37. The van der Waals surface area contributed by atoms with E-state index in [1.165, 1.54) is 4.90 Å². The van der Waals surface area contributed by atoms with Crippen molar-refractivity contribution in [1.29, 1.82) is 0 Å². The van der Waals surface area contributed by atoms with Gasteiger partial charge in [0.05, 0.1) is 0 Å². The summed E-state index contributed by atoms with van der Waals surface area (Å²) in [6, 6.07) is 0. The number of nitrogens with zero attached hydrogens (tertiary/aromatic N) is 1. The summed E-state index contributed by atoms with van der Waals surface area (Å²) >= 11 is 0. The Balaban J connectivity index is 2.54. The number of hydrogen-bond acceptors (Lipinski definition) is 4. The predicted octanol–water partition coefficient (Wildman–Crippen LogP) is 0.554. The van der Waals surface area contributed by atoms with Crippen molar-refractivity contribution < 1.29 is 19.7 Å². The van der Waals surface area contributed by atoms with Crippen LogP contribution in [0.5, 0.6) is 0 Å². The topological polar surface area (TPSA) is 70.0 Å². The fourth-order valence-electron chi connectivity index (χ4n) is 1.55. The van der Waals surface area contributed by atoms with Gasteiger partial charge in [-0.15, -0.1) is 0 Å². The summed E-state index contributed by atoms with van der Waals surface area (Å²) in [5, 5.41) is 18.5. The van der Waals surface area contributed by atoms with Gasteiger partial charge in [-0.05, 0) is 27.2 Å². The van der Waals surface area contributed by atoms with Crippen LogP contribution in [0.2, 0.25) is 0 Å². The lowest BCUT2D eigenvalue weighted by atomic mass is 10.1. The third kappa shape index (κ3) is 3.35. The average molecular weight is 217 g/mol. The van der Waals surface area contributed by atoms with Gasteiger partial charge in [-0.2, -0.15) is 0 Å². The van der Waals surface area contributed by atoms with Crippen molar-refractivity contribution in [3.8, 4) is 0 Å². The van der Waals surface area contributed by atoms with Crippen molar-refractivity contribution in [2.75, 3.05) is 13.2 Å². The van der Waals surface area contributed by atoms with Crippen molar-refractivity contribution in [3.05, 3.63) is 0 Å². The third-order valence-electron chi connectivity index (χ3n) is 2.25. The molecule has 0 aromatic rings. The fraction of sp³-hybridized carbons (Fsp3) is 0.900. The van der Waals surface area contributed by atoms with E-state index in [1.807, 2.05) is 0 Å². The fourth-order valence-corrected chi connectivity index (χ4v) is 1.55. The van der Waals surface area contributed by atoms with E-state index in [2.05, 4.69) is 0 Å². The Kier molecular flexibility index (Phi) is 3.57. The molecule has 5 heteroatoms. The zero-order valence-corrected chi connectivity index (χ0v) is 9.43. The minimum absolute atomic E-state index is 0.0175. The lowest BCUT2D eigenvalue weighted by Gasteiger charge is -2.26. The summed E-state index contributed by atoms with van der Waals surface area (Å²) in [5.74, 6) is -0.0486. The summed E-state index contributed by atoms with van der Waals surface area (Å²) in [7, 11) is 0. The molecule has 0 aliphatic carbocycles. The number of rotatable bonds is 1. The number of hydrogen-bond donors (Lipinski definition) is 2. The standard InChI is InChI=1S/C10H19NO4/c1-10(2,3)15-9(14)11-5-7(6-12)4-8(11)13/h7-8,12-13H,4-6H2,1-3H3. The number of ether oxygens (including phenoxy) is 1. The van der Waals surface area contributed by atoms with Crippen LogP contribution in [0.3, 0.4) is 0 Å². The lowest BCUT2D eigenvalue weighted by Crippen LogP contribution is -2.39. The van der Waals surface area contributed by atoms with E-state index < -0.39 is 17.9 Å². The number of aliphatic hydroxyl groups is 2. The Labute approximate surface area is 89.6 Å². The molecule has 0 bridgehead atoms. The SMILES string of the molecule is CC(C)(C)OC(=O)N1CC(CO)CC1O. The van der Waals surface area contributed by atoms with E-state index in [1.54, 1.807) is 20.8 Å². The highest BCUT2D eigenvalue weighted by atomic mass is 16.6. The molecule has 1 fully saturated rings. The number of carbonyl (C=O) groups excluding carboxylic acids is 1. The zero-order chi connectivity index (χ0) is 11.6. The molecule has 1 aliphatic rings. The van der Waals surface area contributed by atoms with Crippen LogP contribution in [-0.4, -0.2) is 46.2 Å². The highest BCUT2D eigenvalue weighted by Gasteiger charge is 2.35. The van der Waals surface area contributed by atoms with E-state index in [9.17, 15) is 9.90 Å². The molecule has 1 aliphatic heterocycles. The molecule has 0 spiro atoms. The van der Waals surface area contributed by atoms with Gasteiger partial charge in [-0.1, -0.05) is 0 Å². The van der Waals surface area contributed by atoms with Gasteiger partial charge in [0.25, 0.3) is 0 Å². The van der Waals surface area contributed by atoms with E-state index in [0.29, 0.717) is 13.0 Å². The molecule has 1 saturated heterocycles. The normalized spacial score (nSPS) is 26.9. The zero-order valence-electron chi connectivity index (χ0n) is 9.43. The van der Waals surface area contributed by atoms with E-state index in [-0.39, 0.29) is 12.5 Å². The van der Waals surface area contributed by atoms with E-state index in [4.69, 9.17) is 9.84 Å². The smallest absolute Gasteiger partial charge is 0.412 e. The summed E-state index contributed by atoms with van der Waals surface area (Å²) < 4.78 is 5.13. The van der Waals surface area contributed by atoms with Crippen LogP contribution in [0.25, 0.3) is 0 Å².